The smallest absolute Gasteiger partial charge is 0.257 e. The summed E-state index contributed by atoms with van der Waals surface area (Å²) in [7, 11) is 3.05. The molecule has 0 atom stereocenters. The van der Waals surface area contributed by atoms with Crippen LogP contribution < -0.4 is 25.0 Å². The lowest BCUT2D eigenvalue weighted by Gasteiger charge is -2.37. The predicted octanol–water partition coefficient (Wildman–Crippen LogP) is 3.79. The number of hydrogen-bond donors (Lipinski definition) is 2. The Labute approximate surface area is 215 Å². The number of nitrogens with one attached hydrogen (secondary N) is 2. The van der Waals surface area contributed by atoms with Gasteiger partial charge in [-0.25, -0.2) is 0 Å². The molecule has 1 aliphatic heterocycles. The molecular formula is C27H28N4O4S. The summed E-state index contributed by atoms with van der Waals surface area (Å²) in [6, 6.07) is 22.0. The minimum absolute atomic E-state index is 0.0423. The first-order chi connectivity index (χ1) is 17.5. The Balaban J connectivity index is 1.38. The van der Waals surface area contributed by atoms with Gasteiger partial charge in [0.1, 0.15) is 0 Å². The van der Waals surface area contributed by atoms with Crippen LogP contribution in [0, 0.1) is 0 Å². The van der Waals surface area contributed by atoms with Crippen LogP contribution in [0.3, 0.4) is 0 Å². The van der Waals surface area contributed by atoms with Crippen LogP contribution >= 0.6 is 12.2 Å². The van der Waals surface area contributed by atoms with Gasteiger partial charge >= 0.3 is 0 Å². The van der Waals surface area contributed by atoms with Gasteiger partial charge in [0.25, 0.3) is 11.8 Å². The first-order valence-corrected chi connectivity index (χ1v) is 11.9. The van der Waals surface area contributed by atoms with E-state index in [-0.39, 0.29) is 16.9 Å². The number of anilines is 2. The van der Waals surface area contributed by atoms with Gasteiger partial charge in [0, 0.05) is 37.3 Å². The molecule has 2 N–H and O–H groups in total. The summed E-state index contributed by atoms with van der Waals surface area (Å²) in [5, 5.41) is 6.04. The predicted molar refractivity (Wildman–Crippen MR) is 144 cm³/mol. The monoisotopic (exact) mass is 504 g/mol. The lowest BCUT2D eigenvalue weighted by Crippen LogP contribution is -2.49. The Morgan fingerprint density at radius 3 is 2.17 bits per heavy atom. The van der Waals surface area contributed by atoms with E-state index in [2.05, 4.69) is 15.5 Å². The Morgan fingerprint density at radius 2 is 1.47 bits per heavy atom. The molecule has 3 aromatic rings. The maximum atomic E-state index is 12.8. The third-order valence-electron chi connectivity index (χ3n) is 5.95. The Bertz CT molecular complexity index is 1240. The maximum Gasteiger partial charge on any atom is 0.257 e. The van der Waals surface area contributed by atoms with Crippen molar-refractivity contribution in [3.63, 3.8) is 0 Å². The highest BCUT2D eigenvalue weighted by atomic mass is 32.1. The average Bonchev–Trinajstić information content (AvgIpc) is 2.93. The molecule has 1 fully saturated rings. The number of para-hydroxylation sites is 2. The van der Waals surface area contributed by atoms with E-state index in [1.54, 1.807) is 18.2 Å². The van der Waals surface area contributed by atoms with Gasteiger partial charge in [0.15, 0.2) is 16.6 Å². The molecule has 4 rings (SSSR count). The van der Waals surface area contributed by atoms with Crippen molar-refractivity contribution >= 4 is 40.5 Å². The van der Waals surface area contributed by atoms with E-state index in [0.717, 1.165) is 11.4 Å². The van der Waals surface area contributed by atoms with Crippen molar-refractivity contribution in [2.24, 2.45) is 0 Å². The number of thiocarbonyl (C=S) groups is 1. The number of methoxy groups -OCH3 is 2. The molecule has 2 amide bonds. The van der Waals surface area contributed by atoms with Crippen molar-refractivity contribution < 1.29 is 19.1 Å². The number of amides is 2. The highest BCUT2D eigenvalue weighted by molar-refractivity contribution is 7.80. The number of carbonyl (C=O) groups excluding carboxylic acids is 2. The molecule has 0 aliphatic carbocycles. The van der Waals surface area contributed by atoms with Gasteiger partial charge in [-0.15, -0.1) is 0 Å². The molecule has 0 radical (unpaired) electrons. The Hall–Kier alpha value is -4.11. The molecule has 1 saturated heterocycles. The molecule has 186 valence electrons. The van der Waals surface area contributed by atoms with Crippen LogP contribution in [0.2, 0.25) is 0 Å². The fourth-order valence-electron chi connectivity index (χ4n) is 4.08. The zero-order valence-corrected chi connectivity index (χ0v) is 21.0. The summed E-state index contributed by atoms with van der Waals surface area (Å²) in [4.78, 5) is 29.6. The number of nitrogens with zero attached hydrogens (tertiary/aromatic N) is 2. The highest BCUT2D eigenvalue weighted by Gasteiger charge is 2.23. The average molecular weight is 505 g/mol. The molecule has 3 aromatic carbocycles. The third-order valence-corrected chi connectivity index (χ3v) is 6.16. The molecule has 0 aromatic heterocycles. The molecule has 0 saturated carbocycles. The minimum Gasteiger partial charge on any atom is -0.493 e. The van der Waals surface area contributed by atoms with Crippen molar-refractivity contribution in [2.75, 3.05) is 50.6 Å². The van der Waals surface area contributed by atoms with Crippen LogP contribution in [-0.2, 0) is 0 Å². The van der Waals surface area contributed by atoms with Crippen LogP contribution in [0.1, 0.15) is 20.7 Å². The summed E-state index contributed by atoms with van der Waals surface area (Å²) >= 11 is 5.42. The number of rotatable bonds is 6. The molecular weight excluding hydrogens is 476 g/mol. The Kier molecular flexibility index (Phi) is 8.02. The molecule has 9 heteroatoms. The zero-order valence-electron chi connectivity index (χ0n) is 20.2. The summed E-state index contributed by atoms with van der Waals surface area (Å²) in [6.07, 6.45) is 0. The highest BCUT2D eigenvalue weighted by Crippen LogP contribution is 2.28. The second-order valence-corrected chi connectivity index (χ2v) is 8.55. The number of benzene rings is 3. The summed E-state index contributed by atoms with van der Waals surface area (Å²) in [6.45, 7) is 2.59. The Morgan fingerprint density at radius 1 is 0.806 bits per heavy atom. The SMILES string of the molecule is COc1ccc(C(=O)NC(=S)Nc2ccccc2N2CCN(C(=O)c3ccccc3)CC2)cc1OC. The standard InChI is InChI=1S/C27H28N4O4S/c1-34-23-13-12-20(18-24(23)35-2)25(32)29-27(36)28-21-10-6-7-11-22(21)30-14-16-31(17-15-30)26(33)19-8-4-3-5-9-19/h3-13,18H,14-17H2,1-2H3,(H2,28,29,32,36). The number of hydrogen-bond acceptors (Lipinski definition) is 6. The van der Waals surface area contributed by atoms with Crippen LogP contribution in [0.5, 0.6) is 11.5 Å². The first kappa shape index (κ1) is 25.0. The summed E-state index contributed by atoms with van der Waals surface area (Å²) < 4.78 is 10.5. The lowest BCUT2D eigenvalue weighted by molar-refractivity contribution is 0.0746. The van der Waals surface area contributed by atoms with Crippen molar-refractivity contribution in [2.45, 2.75) is 0 Å². The van der Waals surface area contributed by atoms with Gasteiger partial charge in [-0.3, -0.25) is 14.9 Å². The molecule has 1 aliphatic rings. The van der Waals surface area contributed by atoms with Crippen LogP contribution in [-0.4, -0.2) is 62.2 Å². The van der Waals surface area contributed by atoms with E-state index < -0.39 is 0 Å². The van der Waals surface area contributed by atoms with E-state index in [0.29, 0.717) is 48.8 Å². The van der Waals surface area contributed by atoms with Crippen molar-refractivity contribution in [3.8, 4) is 11.5 Å². The van der Waals surface area contributed by atoms with E-state index in [1.165, 1.54) is 14.2 Å². The first-order valence-electron chi connectivity index (χ1n) is 11.5. The van der Waals surface area contributed by atoms with Crippen LogP contribution in [0.25, 0.3) is 0 Å². The van der Waals surface area contributed by atoms with Crippen molar-refractivity contribution in [1.82, 2.24) is 10.2 Å². The van der Waals surface area contributed by atoms with Crippen molar-refractivity contribution in [3.05, 3.63) is 83.9 Å². The van der Waals surface area contributed by atoms with Gasteiger partial charge in [-0.05, 0) is 54.7 Å². The van der Waals surface area contributed by atoms with E-state index in [9.17, 15) is 9.59 Å². The van der Waals surface area contributed by atoms with E-state index in [4.69, 9.17) is 21.7 Å². The van der Waals surface area contributed by atoms with Gasteiger partial charge in [-0.1, -0.05) is 30.3 Å². The maximum absolute atomic E-state index is 12.8. The molecule has 0 unspecified atom stereocenters. The normalized spacial score (nSPS) is 13.1. The number of carbonyl (C=O) groups is 2. The minimum atomic E-state index is -0.362. The summed E-state index contributed by atoms with van der Waals surface area (Å²) in [5.74, 6) is 0.674. The van der Waals surface area contributed by atoms with Gasteiger partial charge in [-0.2, -0.15) is 0 Å². The van der Waals surface area contributed by atoms with Crippen molar-refractivity contribution in [1.29, 1.82) is 0 Å². The molecule has 8 nitrogen and oxygen atoms in total. The zero-order chi connectivity index (χ0) is 25.5. The van der Waals surface area contributed by atoms with Gasteiger partial charge in [0.2, 0.25) is 0 Å². The quantitative estimate of drug-likeness (QED) is 0.494. The summed E-state index contributed by atoms with van der Waals surface area (Å²) in [5.41, 5.74) is 2.82. The topological polar surface area (TPSA) is 83.1 Å². The number of ether oxygens (including phenoxy) is 2. The third kappa shape index (κ3) is 5.75. The second kappa shape index (κ2) is 11.5. The van der Waals surface area contributed by atoms with Crippen LogP contribution in [0.4, 0.5) is 11.4 Å². The molecule has 0 spiro atoms. The molecule has 36 heavy (non-hydrogen) atoms. The van der Waals surface area contributed by atoms with E-state index >= 15 is 0 Å². The lowest BCUT2D eigenvalue weighted by atomic mass is 10.1. The van der Waals surface area contributed by atoms with Gasteiger partial charge in [0.05, 0.1) is 25.6 Å². The fourth-order valence-corrected chi connectivity index (χ4v) is 4.28. The molecule has 1 heterocycles. The molecule has 0 bridgehead atoms. The van der Waals surface area contributed by atoms with Crippen LogP contribution in [0.15, 0.2) is 72.8 Å². The van der Waals surface area contributed by atoms with Gasteiger partial charge < -0.3 is 24.6 Å². The second-order valence-electron chi connectivity index (χ2n) is 8.14. The largest absolute Gasteiger partial charge is 0.493 e. The van der Waals surface area contributed by atoms with E-state index in [1.807, 2.05) is 59.5 Å². The number of piperazine rings is 1. The fraction of sp³-hybridized carbons (Fsp3) is 0.222.